The van der Waals surface area contributed by atoms with E-state index in [4.69, 9.17) is 20.8 Å². The zero-order valence-corrected chi connectivity index (χ0v) is 13.7. The summed E-state index contributed by atoms with van der Waals surface area (Å²) in [6, 6.07) is 14.2. The van der Waals surface area contributed by atoms with Gasteiger partial charge in [0.2, 0.25) is 5.88 Å². The number of carbonyl (C=O) groups is 1. The summed E-state index contributed by atoms with van der Waals surface area (Å²) in [5.41, 5.74) is 1.61. The molecule has 0 aliphatic rings. The number of halogens is 1. The van der Waals surface area contributed by atoms with Crippen molar-refractivity contribution < 1.29 is 13.9 Å². The van der Waals surface area contributed by atoms with Crippen LogP contribution in [0, 0.1) is 0 Å². The first kappa shape index (κ1) is 16.1. The maximum absolute atomic E-state index is 12.2. The average molecular weight is 343 g/mol. The van der Waals surface area contributed by atoms with Gasteiger partial charge in [-0.1, -0.05) is 29.8 Å². The van der Waals surface area contributed by atoms with E-state index >= 15 is 0 Å². The van der Waals surface area contributed by atoms with Crippen LogP contribution in [0.4, 0.5) is 0 Å². The molecule has 6 heteroatoms. The molecule has 24 heavy (non-hydrogen) atoms. The summed E-state index contributed by atoms with van der Waals surface area (Å²) in [5, 5.41) is 3.36. The van der Waals surface area contributed by atoms with Crippen LogP contribution in [-0.2, 0) is 6.54 Å². The highest BCUT2D eigenvalue weighted by molar-refractivity contribution is 6.33. The molecule has 0 aliphatic carbocycles. The maximum Gasteiger partial charge on any atom is 0.287 e. The third-order valence-corrected chi connectivity index (χ3v) is 3.76. The molecule has 1 N–H and O–H groups in total. The molecule has 3 rings (SSSR count). The Labute approximate surface area is 144 Å². The molecule has 0 fully saturated rings. The number of ether oxygens (including phenoxy) is 1. The number of benzene rings is 1. The van der Waals surface area contributed by atoms with E-state index in [1.54, 1.807) is 37.6 Å². The predicted octanol–water partition coefficient (Wildman–Crippen LogP) is 3.93. The third kappa shape index (κ3) is 3.58. The first-order valence-electron chi connectivity index (χ1n) is 7.29. The molecular weight excluding hydrogens is 328 g/mol. The van der Waals surface area contributed by atoms with Gasteiger partial charge in [-0.15, -0.1) is 0 Å². The van der Waals surface area contributed by atoms with Gasteiger partial charge < -0.3 is 14.5 Å². The van der Waals surface area contributed by atoms with E-state index in [2.05, 4.69) is 10.3 Å². The van der Waals surface area contributed by atoms with E-state index in [-0.39, 0.29) is 11.7 Å². The third-order valence-electron chi connectivity index (χ3n) is 3.43. The molecule has 0 aliphatic heterocycles. The van der Waals surface area contributed by atoms with E-state index in [9.17, 15) is 4.79 Å². The van der Waals surface area contributed by atoms with Crippen molar-refractivity contribution in [1.82, 2.24) is 10.3 Å². The summed E-state index contributed by atoms with van der Waals surface area (Å²) in [6.45, 7) is 0.345. The van der Waals surface area contributed by atoms with Crippen LogP contribution in [0.15, 0.2) is 59.1 Å². The molecule has 2 heterocycles. The minimum Gasteiger partial charge on any atom is -0.481 e. The molecule has 5 nitrogen and oxygen atoms in total. The lowest BCUT2D eigenvalue weighted by atomic mass is 10.2. The highest BCUT2D eigenvalue weighted by Crippen LogP contribution is 2.28. The highest BCUT2D eigenvalue weighted by Gasteiger charge is 2.13. The van der Waals surface area contributed by atoms with Crippen molar-refractivity contribution in [3.8, 4) is 17.2 Å². The molecule has 0 saturated heterocycles. The van der Waals surface area contributed by atoms with Gasteiger partial charge >= 0.3 is 0 Å². The molecule has 0 atom stereocenters. The molecular formula is C18H15ClN2O3. The standard InChI is InChI=1S/C18H15ClN2O3/c1-23-17-9-6-12(10-20-17)11-21-18(22)16-8-7-15(24-16)13-4-2-3-5-14(13)19/h2-10H,11H2,1H3,(H,21,22). The Kier molecular flexibility index (Phi) is 4.82. The lowest BCUT2D eigenvalue weighted by Crippen LogP contribution is -2.22. The number of aromatic nitrogens is 1. The monoisotopic (exact) mass is 342 g/mol. The quantitative estimate of drug-likeness (QED) is 0.763. The van der Waals surface area contributed by atoms with Crippen molar-refractivity contribution in [3.05, 3.63) is 71.1 Å². The second-order valence-electron chi connectivity index (χ2n) is 5.04. The number of nitrogens with one attached hydrogen (secondary N) is 1. The molecule has 2 aromatic heterocycles. The smallest absolute Gasteiger partial charge is 0.287 e. The highest BCUT2D eigenvalue weighted by atomic mass is 35.5. The van der Waals surface area contributed by atoms with E-state index < -0.39 is 0 Å². The van der Waals surface area contributed by atoms with Gasteiger partial charge in [0.05, 0.1) is 12.1 Å². The maximum atomic E-state index is 12.2. The Hall–Kier alpha value is -2.79. The van der Waals surface area contributed by atoms with Gasteiger partial charge in [-0.25, -0.2) is 4.98 Å². The predicted molar refractivity (Wildman–Crippen MR) is 91.1 cm³/mol. The van der Waals surface area contributed by atoms with Crippen LogP contribution in [0.5, 0.6) is 5.88 Å². The number of carbonyl (C=O) groups excluding carboxylic acids is 1. The number of hydrogen-bond acceptors (Lipinski definition) is 4. The van der Waals surface area contributed by atoms with Gasteiger partial charge in [-0.3, -0.25) is 4.79 Å². The molecule has 0 radical (unpaired) electrons. The van der Waals surface area contributed by atoms with E-state index in [1.165, 1.54) is 0 Å². The summed E-state index contributed by atoms with van der Waals surface area (Å²) in [4.78, 5) is 16.3. The molecule has 0 saturated carbocycles. The summed E-state index contributed by atoms with van der Waals surface area (Å²) in [5.74, 6) is 1.01. The van der Waals surface area contributed by atoms with Gasteiger partial charge in [-0.2, -0.15) is 0 Å². The van der Waals surface area contributed by atoms with Crippen molar-refractivity contribution in [3.63, 3.8) is 0 Å². The van der Waals surface area contributed by atoms with Crippen LogP contribution in [0.3, 0.4) is 0 Å². The van der Waals surface area contributed by atoms with Crippen molar-refractivity contribution in [2.24, 2.45) is 0 Å². The Balaban J connectivity index is 1.66. The van der Waals surface area contributed by atoms with Crippen molar-refractivity contribution >= 4 is 17.5 Å². The van der Waals surface area contributed by atoms with E-state index in [0.29, 0.717) is 23.2 Å². The van der Waals surface area contributed by atoms with Crippen LogP contribution in [-0.4, -0.2) is 18.0 Å². The molecule has 0 bridgehead atoms. The Bertz CT molecular complexity index is 843. The first-order valence-corrected chi connectivity index (χ1v) is 7.67. The van der Waals surface area contributed by atoms with Crippen LogP contribution in [0.25, 0.3) is 11.3 Å². The second-order valence-corrected chi connectivity index (χ2v) is 5.44. The van der Waals surface area contributed by atoms with Gasteiger partial charge in [0, 0.05) is 24.4 Å². The lowest BCUT2D eigenvalue weighted by Gasteiger charge is -2.04. The Morgan fingerprint density at radius 2 is 2.04 bits per heavy atom. The topological polar surface area (TPSA) is 64.4 Å². The van der Waals surface area contributed by atoms with E-state index in [0.717, 1.165) is 11.1 Å². The van der Waals surface area contributed by atoms with Crippen LogP contribution >= 0.6 is 11.6 Å². The second kappa shape index (κ2) is 7.19. The molecule has 1 amide bonds. The number of pyridine rings is 1. The van der Waals surface area contributed by atoms with Crippen molar-refractivity contribution in [1.29, 1.82) is 0 Å². The molecule has 1 aromatic carbocycles. The fourth-order valence-corrected chi connectivity index (χ4v) is 2.40. The Morgan fingerprint density at radius 1 is 1.21 bits per heavy atom. The number of hydrogen-bond donors (Lipinski definition) is 1. The normalized spacial score (nSPS) is 10.4. The summed E-state index contributed by atoms with van der Waals surface area (Å²) in [6.07, 6.45) is 1.65. The van der Waals surface area contributed by atoms with Gasteiger partial charge in [0.25, 0.3) is 5.91 Å². The molecule has 122 valence electrons. The summed E-state index contributed by atoms with van der Waals surface area (Å²) in [7, 11) is 1.55. The number of methoxy groups -OCH3 is 1. The largest absolute Gasteiger partial charge is 0.481 e. The zero-order chi connectivity index (χ0) is 16.9. The van der Waals surface area contributed by atoms with Crippen LogP contribution < -0.4 is 10.1 Å². The van der Waals surface area contributed by atoms with Crippen LogP contribution in [0.1, 0.15) is 16.1 Å². The number of amides is 1. The van der Waals surface area contributed by atoms with Crippen LogP contribution in [0.2, 0.25) is 5.02 Å². The number of furan rings is 1. The summed E-state index contributed by atoms with van der Waals surface area (Å²) < 4.78 is 10.6. The number of nitrogens with zero attached hydrogens (tertiary/aromatic N) is 1. The minimum absolute atomic E-state index is 0.228. The molecule has 0 spiro atoms. The fourth-order valence-electron chi connectivity index (χ4n) is 2.17. The molecule has 0 unspecified atom stereocenters. The zero-order valence-electron chi connectivity index (χ0n) is 13.0. The average Bonchev–Trinajstić information content (AvgIpc) is 3.10. The van der Waals surface area contributed by atoms with E-state index in [1.807, 2.05) is 24.3 Å². The Morgan fingerprint density at radius 3 is 2.75 bits per heavy atom. The number of rotatable bonds is 5. The van der Waals surface area contributed by atoms with Crippen molar-refractivity contribution in [2.45, 2.75) is 6.54 Å². The SMILES string of the molecule is COc1ccc(CNC(=O)c2ccc(-c3ccccc3Cl)o2)cn1. The molecule has 3 aromatic rings. The summed E-state index contributed by atoms with van der Waals surface area (Å²) >= 11 is 6.14. The van der Waals surface area contributed by atoms with Gasteiger partial charge in [-0.05, 0) is 29.8 Å². The lowest BCUT2D eigenvalue weighted by molar-refractivity contribution is 0.0924. The first-order chi connectivity index (χ1) is 11.7. The minimum atomic E-state index is -0.302. The van der Waals surface area contributed by atoms with Gasteiger partial charge in [0.1, 0.15) is 5.76 Å². The van der Waals surface area contributed by atoms with Gasteiger partial charge in [0.15, 0.2) is 5.76 Å². The fraction of sp³-hybridized carbons (Fsp3) is 0.111. The van der Waals surface area contributed by atoms with Crippen molar-refractivity contribution in [2.75, 3.05) is 7.11 Å².